The molecule has 23 heavy (non-hydrogen) atoms. The molecule has 1 aliphatic carbocycles. The molecule has 3 rings (SSSR count). The quantitative estimate of drug-likeness (QED) is 0.907. The number of nitrogens with zero attached hydrogens (tertiary/aromatic N) is 2. The summed E-state index contributed by atoms with van der Waals surface area (Å²) in [5.74, 6) is 0.227. The molecule has 2 aliphatic rings. The zero-order valence-electron chi connectivity index (χ0n) is 13.9. The number of aliphatic hydroxyl groups excluding tert-OH is 1. The maximum atomic E-state index is 12.7. The average molecular weight is 316 g/mol. The molecule has 1 aromatic carbocycles. The van der Waals surface area contributed by atoms with Crippen molar-refractivity contribution in [1.82, 2.24) is 9.80 Å². The molecule has 1 unspecified atom stereocenters. The maximum absolute atomic E-state index is 12.7. The molecule has 1 aliphatic heterocycles. The molecule has 1 N–H and O–H groups in total. The van der Waals surface area contributed by atoms with Crippen LogP contribution in [0.4, 0.5) is 0 Å². The summed E-state index contributed by atoms with van der Waals surface area (Å²) in [6, 6.07) is 8.79. The summed E-state index contributed by atoms with van der Waals surface area (Å²) in [7, 11) is 0. The molecule has 0 saturated carbocycles. The lowest BCUT2D eigenvalue weighted by Gasteiger charge is -2.31. The number of amides is 1. The molecule has 1 fully saturated rings. The number of hydrogen-bond donors (Lipinski definition) is 1. The largest absolute Gasteiger partial charge is 0.395 e. The Morgan fingerprint density at radius 3 is 2.65 bits per heavy atom. The number of hydrogen-bond acceptors (Lipinski definition) is 3. The Balaban J connectivity index is 1.68. The van der Waals surface area contributed by atoms with E-state index in [1.54, 1.807) is 0 Å². The van der Waals surface area contributed by atoms with Gasteiger partial charge in [0.15, 0.2) is 0 Å². The van der Waals surface area contributed by atoms with Gasteiger partial charge in [-0.25, -0.2) is 0 Å². The third-order valence-corrected chi connectivity index (χ3v) is 5.23. The molecule has 4 nitrogen and oxygen atoms in total. The topological polar surface area (TPSA) is 43.8 Å². The Hall–Kier alpha value is -1.39. The normalized spacial score (nSPS) is 21.3. The summed E-state index contributed by atoms with van der Waals surface area (Å²) >= 11 is 0. The Bertz CT molecular complexity index is 524. The number of aliphatic hydroxyl groups is 1. The number of likely N-dealkylation sites (tertiary alicyclic amines) is 1. The van der Waals surface area contributed by atoms with Gasteiger partial charge in [-0.2, -0.15) is 0 Å². The zero-order chi connectivity index (χ0) is 16.1. The Morgan fingerprint density at radius 2 is 1.91 bits per heavy atom. The van der Waals surface area contributed by atoms with Crippen LogP contribution in [0.3, 0.4) is 0 Å². The number of carbonyl (C=O) groups excluding carboxylic acids is 1. The summed E-state index contributed by atoms with van der Waals surface area (Å²) in [5, 5.41) is 9.45. The summed E-state index contributed by atoms with van der Waals surface area (Å²) < 4.78 is 0. The van der Waals surface area contributed by atoms with Gasteiger partial charge in [0.25, 0.3) is 0 Å². The fraction of sp³-hybridized carbons (Fsp3) is 0.632. The molecule has 1 heterocycles. The van der Waals surface area contributed by atoms with Crippen molar-refractivity contribution in [2.24, 2.45) is 0 Å². The van der Waals surface area contributed by atoms with Crippen LogP contribution in [0.5, 0.6) is 0 Å². The lowest BCUT2D eigenvalue weighted by molar-refractivity contribution is -0.133. The van der Waals surface area contributed by atoms with E-state index in [1.165, 1.54) is 24.0 Å². The van der Waals surface area contributed by atoms with Gasteiger partial charge in [0.05, 0.1) is 13.2 Å². The smallest absolute Gasteiger partial charge is 0.236 e. The lowest BCUT2D eigenvalue weighted by Crippen LogP contribution is -2.42. The minimum Gasteiger partial charge on any atom is -0.395 e. The van der Waals surface area contributed by atoms with Gasteiger partial charge in [0.1, 0.15) is 0 Å². The van der Waals surface area contributed by atoms with Gasteiger partial charge in [-0.05, 0) is 36.8 Å². The van der Waals surface area contributed by atoms with Gasteiger partial charge in [-0.15, -0.1) is 0 Å². The molecule has 0 bridgehead atoms. The Morgan fingerprint density at radius 1 is 1.17 bits per heavy atom. The van der Waals surface area contributed by atoms with Crippen molar-refractivity contribution in [2.75, 3.05) is 32.8 Å². The second kappa shape index (κ2) is 7.93. The summed E-state index contributed by atoms with van der Waals surface area (Å²) in [5.41, 5.74) is 2.73. The molecule has 1 aromatic rings. The molecular weight excluding hydrogens is 288 g/mol. The molecule has 1 amide bonds. The molecule has 1 saturated heterocycles. The predicted molar refractivity (Wildman–Crippen MR) is 91.2 cm³/mol. The zero-order valence-corrected chi connectivity index (χ0v) is 13.9. The van der Waals surface area contributed by atoms with Crippen LogP contribution >= 0.6 is 0 Å². The first-order valence-electron chi connectivity index (χ1n) is 9.00. The van der Waals surface area contributed by atoms with E-state index < -0.39 is 0 Å². The van der Waals surface area contributed by atoms with Crippen molar-refractivity contribution in [1.29, 1.82) is 0 Å². The van der Waals surface area contributed by atoms with Crippen LogP contribution in [0.15, 0.2) is 24.3 Å². The monoisotopic (exact) mass is 316 g/mol. The van der Waals surface area contributed by atoms with Gasteiger partial charge in [0, 0.05) is 25.7 Å². The van der Waals surface area contributed by atoms with E-state index in [2.05, 4.69) is 29.2 Å². The van der Waals surface area contributed by atoms with Gasteiger partial charge in [-0.3, -0.25) is 9.69 Å². The Kier molecular flexibility index (Phi) is 5.68. The molecule has 0 aromatic heterocycles. The first-order valence-corrected chi connectivity index (χ1v) is 9.00. The van der Waals surface area contributed by atoms with E-state index in [9.17, 15) is 9.90 Å². The van der Waals surface area contributed by atoms with Crippen LogP contribution in [0.1, 0.15) is 49.3 Å². The standard InChI is InChI=1S/C19H28N2O2/c22-14-13-21(15-19(23)20-11-5-1-2-6-12-20)18-10-9-16-7-3-4-8-17(16)18/h3-4,7-8,18,22H,1-2,5-6,9-15H2. The highest BCUT2D eigenvalue weighted by Gasteiger charge is 2.29. The van der Waals surface area contributed by atoms with E-state index >= 15 is 0 Å². The second-order valence-electron chi connectivity index (χ2n) is 6.74. The predicted octanol–water partition coefficient (Wildman–Crippen LogP) is 2.37. The number of carbonyl (C=O) groups is 1. The van der Waals surface area contributed by atoms with Crippen LogP contribution in [-0.2, 0) is 11.2 Å². The number of rotatable bonds is 5. The van der Waals surface area contributed by atoms with Crippen molar-refractivity contribution in [3.8, 4) is 0 Å². The van der Waals surface area contributed by atoms with Crippen LogP contribution in [0, 0.1) is 0 Å². The third kappa shape index (κ3) is 3.93. The third-order valence-electron chi connectivity index (χ3n) is 5.23. The lowest BCUT2D eigenvalue weighted by atomic mass is 10.1. The average Bonchev–Trinajstić information content (AvgIpc) is 2.80. The number of benzene rings is 1. The van der Waals surface area contributed by atoms with Gasteiger partial charge in [-0.1, -0.05) is 37.1 Å². The van der Waals surface area contributed by atoms with E-state index in [-0.39, 0.29) is 18.6 Å². The molecule has 126 valence electrons. The summed E-state index contributed by atoms with van der Waals surface area (Å²) in [4.78, 5) is 16.9. The summed E-state index contributed by atoms with van der Waals surface area (Å²) in [6.45, 7) is 2.89. The van der Waals surface area contributed by atoms with Crippen molar-refractivity contribution in [2.45, 2.75) is 44.6 Å². The van der Waals surface area contributed by atoms with Crippen molar-refractivity contribution < 1.29 is 9.90 Å². The van der Waals surface area contributed by atoms with E-state index in [4.69, 9.17) is 0 Å². The second-order valence-corrected chi connectivity index (χ2v) is 6.74. The van der Waals surface area contributed by atoms with Crippen LogP contribution in [0.2, 0.25) is 0 Å². The first-order chi connectivity index (χ1) is 11.3. The molecular formula is C19H28N2O2. The van der Waals surface area contributed by atoms with Gasteiger partial charge >= 0.3 is 0 Å². The Labute approximate surface area is 139 Å². The minimum absolute atomic E-state index is 0.103. The summed E-state index contributed by atoms with van der Waals surface area (Å²) in [6.07, 6.45) is 6.84. The number of aryl methyl sites for hydroxylation is 1. The molecule has 0 radical (unpaired) electrons. The van der Waals surface area contributed by atoms with Crippen LogP contribution in [-0.4, -0.2) is 53.6 Å². The van der Waals surface area contributed by atoms with Crippen molar-refractivity contribution in [3.63, 3.8) is 0 Å². The first kappa shape index (κ1) is 16.5. The van der Waals surface area contributed by atoms with Crippen LogP contribution < -0.4 is 0 Å². The highest BCUT2D eigenvalue weighted by molar-refractivity contribution is 5.78. The molecule has 0 spiro atoms. The molecule has 1 atom stereocenters. The fourth-order valence-electron chi connectivity index (χ4n) is 3.98. The van der Waals surface area contributed by atoms with Gasteiger partial charge in [0.2, 0.25) is 5.91 Å². The van der Waals surface area contributed by atoms with E-state index in [1.807, 2.05) is 4.90 Å². The SMILES string of the molecule is O=C(CN(CCO)C1CCc2ccccc21)N1CCCCCC1. The van der Waals surface area contributed by atoms with E-state index in [0.29, 0.717) is 13.1 Å². The van der Waals surface area contributed by atoms with Gasteiger partial charge < -0.3 is 10.0 Å². The van der Waals surface area contributed by atoms with E-state index in [0.717, 1.165) is 38.8 Å². The minimum atomic E-state index is 0.103. The maximum Gasteiger partial charge on any atom is 0.236 e. The van der Waals surface area contributed by atoms with Crippen molar-refractivity contribution in [3.05, 3.63) is 35.4 Å². The highest BCUT2D eigenvalue weighted by Crippen LogP contribution is 2.35. The molecule has 4 heteroatoms. The number of fused-ring (bicyclic) bond motifs is 1. The fourth-order valence-corrected chi connectivity index (χ4v) is 3.98. The highest BCUT2D eigenvalue weighted by atomic mass is 16.3. The van der Waals surface area contributed by atoms with Crippen LogP contribution in [0.25, 0.3) is 0 Å². The van der Waals surface area contributed by atoms with Crippen molar-refractivity contribution >= 4 is 5.91 Å².